The van der Waals surface area contributed by atoms with Gasteiger partial charge in [-0.3, -0.25) is 10.4 Å². The summed E-state index contributed by atoms with van der Waals surface area (Å²) in [6.45, 7) is 0. The highest BCUT2D eigenvalue weighted by atomic mass is 32.2. The molecule has 0 amide bonds. The van der Waals surface area contributed by atoms with E-state index in [-0.39, 0.29) is 11.7 Å². The van der Waals surface area contributed by atoms with Crippen molar-refractivity contribution in [1.29, 1.82) is 5.41 Å². The minimum atomic E-state index is -0.289. The summed E-state index contributed by atoms with van der Waals surface area (Å²) in [5.74, 6) is -0.382. The van der Waals surface area contributed by atoms with Crippen LogP contribution in [0.3, 0.4) is 0 Å². The third kappa shape index (κ3) is 2.82. The Morgan fingerprint density at radius 2 is 2.12 bits per heavy atom. The van der Waals surface area contributed by atoms with Gasteiger partial charge < -0.3 is 5.73 Å². The molecular weight excluding hydrogens is 237 g/mol. The monoisotopic (exact) mass is 247 g/mol. The lowest BCUT2D eigenvalue weighted by molar-refractivity contribution is 0.624. The minimum Gasteiger partial charge on any atom is -0.382 e. The summed E-state index contributed by atoms with van der Waals surface area (Å²) in [7, 11) is 0. The molecule has 3 nitrogen and oxygen atoms in total. The van der Waals surface area contributed by atoms with Crippen LogP contribution in [-0.2, 0) is 0 Å². The van der Waals surface area contributed by atoms with Gasteiger partial charge in [-0.15, -0.1) is 0 Å². The van der Waals surface area contributed by atoms with Crippen LogP contribution in [0.25, 0.3) is 0 Å². The molecule has 0 spiro atoms. The minimum absolute atomic E-state index is 0.0931. The van der Waals surface area contributed by atoms with E-state index in [1.165, 1.54) is 23.9 Å². The first-order chi connectivity index (χ1) is 8.16. The lowest BCUT2D eigenvalue weighted by Gasteiger charge is -2.06. The zero-order valence-electron chi connectivity index (χ0n) is 8.85. The third-order valence-corrected chi connectivity index (χ3v) is 3.09. The van der Waals surface area contributed by atoms with Crippen LogP contribution in [0.2, 0.25) is 0 Å². The molecule has 1 aromatic carbocycles. The van der Waals surface area contributed by atoms with Gasteiger partial charge in [0.1, 0.15) is 17.3 Å². The lowest BCUT2D eigenvalue weighted by atomic mass is 10.3. The molecule has 3 N–H and O–H groups in total. The third-order valence-electron chi connectivity index (χ3n) is 2.05. The van der Waals surface area contributed by atoms with Crippen molar-refractivity contribution < 1.29 is 4.39 Å². The van der Waals surface area contributed by atoms with Gasteiger partial charge in [0, 0.05) is 16.0 Å². The van der Waals surface area contributed by atoms with Gasteiger partial charge in [0.25, 0.3) is 0 Å². The molecule has 0 radical (unpaired) electrons. The number of halogens is 1. The van der Waals surface area contributed by atoms with Gasteiger partial charge in [-0.2, -0.15) is 0 Å². The molecule has 0 fully saturated rings. The Kier molecular flexibility index (Phi) is 3.39. The number of nitrogen functional groups attached to an aromatic ring is 1. The second-order valence-corrected chi connectivity index (χ2v) is 4.44. The first kappa shape index (κ1) is 11.6. The molecule has 2 aromatic rings. The molecule has 1 aromatic heterocycles. The number of amidine groups is 1. The van der Waals surface area contributed by atoms with Crippen LogP contribution in [0, 0.1) is 11.2 Å². The van der Waals surface area contributed by atoms with Crippen LogP contribution >= 0.6 is 11.8 Å². The molecule has 0 aliphatic heterocycles. The van der Waals surface area contributed by atoms with E-state index < -0.39 is 0 Å². The highest BCUT2D eigenvalue weighted by molar-refractivity contribution is 7.99. The van der Waals surface area contributed by atoms with Crippen molar-refractivity contribution in [1.82, 2.24) is 4.98 Å². The van der Waals surface area contributed by atoms with E-state index in [4.69, 9.17) is 11.1 Å². The number of rotatable bonds is 3. The molecular formula is C12H10FN3S. The first-order valence-corrected chi connectivity index (χ1v) is 5.71. The zero-order valence-corrected chi connectivity index (χ0v) is 9.67. The van der Waals surface area contributed by atoms with Crippen molar-refractivity contribution in [2.45, 2.75) is 9.79 Å². The Morgan fingerprint density at radius 3 is 2.82 bits per heavy atom. The van der Waals surface area contributed by atoms with Gasteiger partial charge in [0.15, 0.2) is 0 Å². The topological polar surface area (TPSA) is 62.8 Å². The van der Waals surface area contributed by atoms with Crippen molar-refractivity contribution in [3.63, 3.8) is 0 Å². The number of hydrogen-bond acceptors (Lipinski definition) is 3. The predicted octanol–water partition coefficient (Wildman–Crippen LogP) is 2.66. The zero-order chi connectivity index (χ0) is 12.3. The predicted molar refractivity (Wildman–Crippen MR) is 65.8 cm³/mol. The van der Waals surface area contributed by atoms with Crippen molar-refractivity contribution in [3.05, 3.63) is 54.1 Å². The van der Waals surface area contributed by atoms with Crippen molar-refractivity contribution in [2.75, 3.05) is 0 Å². The molecule has 0 aliphatic carbocycles. The van der Waals surface area contributed by atoms with Gasteiger partial charge in [-0.05, 0) is 30.3 Å². The fourth-order valence-corrected chi connectivity index (χ4v) is 2.31. The highest BCUT2D eigenvalue weighted by Gasteiger charge is 2.08. The molecule has 0 saturated carbocycles. The second kappa shape index (κ2) is 4.97. The smallest absolute Gasteiger partial charge is 0.142 e. The SMILES string of the molecule is N=C(N)c1ncccc1Sc1cccc(F)c1. The number of hydrogen-bond donors (Lipinski definition) is 2. The summed E-state index contributed by atoms with van der Waals surface area (Å²) >= 11 is 1.33. The molecule has 5 heteroatoms. The molecule has 0 bridgehead atoms. The van der Waals surface area contributed by atoms with E-state index >= 15 is 0 Å². The summed E-state index contributed by atoms with van der Waals surface area (Å²) in [6, 6.07) is 9.82. The fraction of sp³-hybridized carbons (Fsp3) is 0. The van der Waals surface area contributed by atoms with Crippen LogP contribution in [0.15, 0.2) is 52.4 Å². The molecule has 0 unspecified atom stereocenters. The number of pyridine rings is 1. The number of nitrogens with one attached hydrogen (secondary N) is 1. The average molecular weight is 247 g/mol. The number of aromatic nitrogens is 1. The van der Waals surface area contributed by atoms with Gasteiger partial charge in [-0.25, -0.2) is 4.39 Å². The summed E-state index contributed by atoms with van der Waals surface area (Å²) < 4.78 is 13.0. The lowest BCUT2D eigenvalue weighted by Crippen LogP contribution is -2.14. The maximum absolute atomic E-state index is 13.0. The number of nitrogens with zero attached hydrogens (tertiary/aromatic N) is 1. The molecule has 0 atom stereocenters. The Bertz CT molecular complexity index is 557. The maximum Gasteiger partial charge on any atom is 0.142 e. The summed E-state index contributed by atoms with van der Waals surface area (Å²) in [4.78, 5) is 5.52. The van der Waals surface area contributed by atoms with Gasteiger partial charge in [0.05, 0.1) is 0 Å². The molecule has 86 valence electrons. The molecule has 0 aliphatic rings. The maximum atomic E-state index is 13.0. The van der Waals surface area contributed by atoms with E-state index in [0.29, 0.717) is 5.69 Å². The molecule has 2 rings (SSSR count). The average Bonchev–Trinajstić information content (AvgIpc) is 2.29. The molecule has 17 heavy (non-hydrogen) atoms. The molecule has 0 saturated heterocycles. The summed E-state index contributed by atoms with van der Waals surface area (Å²) in [6.07, 6.45) is 1.58. The quantitative estimate of drug-likeness (QED) is 0.647. The normalized spacial score (nSPS) is 10.2. The van der Waals surface area contributed by atoms with Crippen LogP contribution in [0.5, 0.6) is 0 Å². The molecule has 1 heterocycles. The van der Waals surface area contributed by atoms with Crippen molar-refractivity contribution in [2.24, 2.45) is 5.73 Å². The number of nitrogens with two attached hydrogens (primary N) is 1. The Morgan fingerprint density at radius 1 is 1.29 bits per heavy atom. The van der Waals surface area contributed by atoms with Gasteiger partial charge >= 0.3 is 0 Å². The summed E-state index contributed by atoms with van der Waals surface area (Å²) in [5, 5.41) is 7.41. The highest BCUT2D eigenvalue weighted by Crippen LogP contribution is 2.29. The van der Waals surface area contributed by atoms with Crippen LogP contribution < -0.4 is 5.73 Å². The van der Waals surface area contributed by atoms with Gasteiger partial charge in [-0.1, -0.05) is 17.8 Å². The fourth-order valence-electron chi connectivity index (χ4n) is 1.33. The Balaban J connectivity index is 2.33. The van der Waals surface area contributed by atoms with E-state index in [2.05, 4.69) is 4.98 Å². The standard InChI is InChI=1S/C12H10FN3S/c13-8-3-1-4-9(7-8)17-10-5-2-6-16-11(10)12(14)15/h1-7H,(H3,14,15). The van der Waals surface area contributed by atoms with Crippen molar-refractivity contribution in [3.8, 4) is 0 Å². The van der Waals surface area contributed by atoms with E-state index in [1.54, 1.807) is 30.5 Å². The van der Waals surface area contributed by atoms with Crippen LogP contribution in [0.4, 0.5) is 4.39 Å². The van der Waals surface area contributed by atoms with Crippen LogP contribution in [0.1, 0.15) is 5.69 Å². The number of benzene rings is 1. The second-order valence-electron chi connectivity index (χ2n) is 3.32. The van der Waals surface area contributed by atoms with E-state index in [1.807, 2.05) is 0 Å². The Hall–Kier alpha value is -1.88. The van der Waals surface area contributed by atoms with E-state index in [9.17, 15) is 4.39 Å². The van der Waals surface area contributed by atoms with E-state index in [0.717, 1.165) is 9.79 Å². The Labute approximate surface area is 102 Å². The van der Waals surface area contributed by atoms with Crippen LogP contribution in [-0.4, -0.2) is 10.8 Å². The summed E-state index contributed by atoms with van der Waals surface area (Å²) in [5.41, 5.74) is 5.85. The first-order valence-electron chi connectivity index (χ1n) is 4.89. The largest absolute Gasteiger partial charge is 0.382 e. The van der Waals surface area contributed by atoms with Crippen molar-refractivity contribution >= 4 is 17.6 Å². The van der Waals surface area contributed by atoms with Gasteiger partial charge in [0.2, 0.25) is 0 Å².